The molecule has 0 aromatic heterocycles. The van der Waals surface area contributed by atoms with Crippen LogP contribution in [0.25, 0.3) is 0 Å². The average molecular weight is 352 g/mol. The number of amides is 1. The molecule has 2 unspecified atom stereocenters. The van der Waals surface area contributed by atoms with Crippen molar-refractivity contribution in [1.82, 2.24) is 9.80 Å². The van der Waals surface area contributed by atoms with E-state index in [1.165, 1.54) is 0 Å². The van der Waals surface area contributed by atoms with Gasteiger partial charge in [0.15, 0.2) is 5.79 Å². The van der Waals surface area contributed by atoms with E-state index in [-0.39, 0.29) is 17.9 Å². The maximum atomic E-state index is 12.8. The Morgan fingerprint density at radius 2 is 1.88 bits per heavy atom. The molecule has 2 atom stereocenters. The zero-order chi connectivity index (χ0) is 17.3. The van der Waals surface area contributed by atoms with Crippen LogP contribution in [0, 0.1) is 5.92 Å². The fourth-order valence-electron chi connectivity index (χ4n) is 4.63. The van der Waals surface area contributed by atoms with E-state index in [1.807, 2.05) is 4.90 Å². The Bertz CT molecular complexity index is 510. The smallest absolute Gasteiger partial charge is 0.236 e. The summed E-state index contributed by atoms with van der Waals surface area (Å²) >= 11 is 0. The summed E-state index contributed by atoms with van der Waals surface area (Å²) in [6, 6.07) is 0.0605. The van der Waals surface area contributed by atoms with E-state index >= 15 is 0 Å². The van der Waals surface area contributed by atoms with Crippen LogP contribution in [0.1, 0.15) is 32.1 Å². The maximum absolute atomic E-state index is 12.8. The molecule has 0 aromatic carbocycles. The monoisotopic (exact) mass is 352 g/mol. The number of morpholine rings is 1. The van der Waals surface area contributed by atoms with Crippen molar-refractivity contribution in [2.24, 2.45) is 5.92 Å². The van der Waals surface area contributed by atoms with Gasteiger partial charge in [-0.3, -0.25) is 14.5 Å². The first-order valence-corrected chi connectivity index (χ1v) is 9.57. The summed E-state index contributed by atoms with van der Waals surface area (Å²) in [6.45, 7) is 4.96. The fraction of sp³-hybridized carbons (Fsp3) is 0.889. The quantitative estimate of drug-likeness (QED) is 0.733. The third-order valence-electron chi connectivity index (χ3n) is 6.13. The number of Topliss-reactive ketones (excluding diaryl/α,β-unsaturated/α-hetero) is 1. The van der Waals surface area contributed by atoms with E-state index in [4.69, 9.17) is 14.2 Å². The lowest BCUT2D eigenvalue weighted by Gasteiger charge is -2.41. The number of likely N-dealkylation sites (tertiary alicyclic amines) is 1. The van der Waals surface area contributed by atoms with Crippen LogP contribution in [-0.2, 0) is 23.8 Å². The van der Waals surface area contributed by atoms with Crippen LogP contribution < -0.4 is 0 Å². The molecule has 0 aromatic rings. The maximum Gasteiger partial charge on any atom is 0.236 e. The van der Waals surface area contributed by atoms with Gasteiger partial charge in [0.1, 0.15) is 5.78 Å². The summed E-state index contributed by atoms with van der Waals surface area (Å²) in [5.74, 6) is 0.0701. The lowest BCUT2D eigenvalue weighted by atomic mass is 9.95. The summed E-state index contributed by atoms with van der Waals surface area (Å²) in [6.07, 6.45) is 4.06. The van der Waals surface area contributed by atoms with Crippen LogP contribution in [0.5, 0.6) is 0 Å². The summed E-state index contributed by atoms with van der Waals surface area (Å²) < 4.78 is 17.1. The van der Waals surface area contributed by atoms with Crippen molar-refractivity contribution in [3.8, 4) is 0 Å². The number of hydrogen-bond donors (Lipinski definition) is 0. The summed E-state index contributed by atoms with van der Waals surface area (Å²) in [5, 5.41) is 0. The molecule has 0 radical (unpaired) electrons. The number of carbonyl (C=O) groups is 2. The molecule has 1 amide bonds. The van der Waals surface area contributed by atoms with Gasteiger partial charge in [-0.1, -0.05) is 0 Å². The number of ether oxygens (including phenoxy) is 3. The Morgan fingerprint density at radius 3 is 2.56 bits per heavy atom. The number of piperidine rings is 1. The first-order valence-electron chi connectivity index (χ1n) is 9.57. The highest BCUT2D eigenvalue weighted by molar-refractivity contribution is 5.84. The molecule has 1 spiro atoms. The summed E-state index contributed by atoms with van der Waals surface area (Å²) in [7, 11) is 0. The van der Waals surface area contributed by atoms with Gasteiger partial charge in [-0.15, -0.1) is 0 Å². The van der Waals surface area contributed by atoms with E-state index in [0.29, 0.717) is 58.3 Å². The average Bonchev–Trinajstić information content (AvgIpc) is 3.25. The predicted molar refractivity (Wildman–Crippen MR) is 89.0 cm³/mol. The van der Waals surface area contributed by atoms with Gasteiger partial charge in [-0.05, 0) is 12.8 Å². The number of nitrogens with zero attached hydrogens (tertiary/aromatic N) is 2. The first kappa shape index (κ1) is 17.4. The van der Waals surface area contributed by atoms with Gasteiger partial charge in [-0.2, -0.15) is 0 Å². The van der Waals surface area contributed by atoms with Crippen LogP contribution in [0.15, 0.2) is 0 Å². The van der Waals surface area contributed by atoms with Crippen molar-refractivity contribution in [3.63, 3.8) is 0 Å². The minimum Gasteiger partial charge on any atom is -0.378 e. The number of carbonyl (C=O) groups excluding carboxylic acids is 2. The van der Waals surface area contributed by atoms with Crippen molar-refractivity contribution in [1.29, 1.82) is 0 Å². The molecule has 4 aliphatic rings. The minimum absolute atomic E-state index is 0.0398. The van der Waals surface area contributed by atoms with Crippen molar-refractivity contribution in [3.05, 3.63) is 0 Å². The second kappa shape index (κ2) is 7.31. The van der Waals surface area contributed by atoms with E-state index in [1.54, 1.807) is 0 Å². The Labute approximate surface area is 148 Å². The van der Waals surface area contributed by atoms with Gasteiger partial charge in [0, 0.05) is 50.9 Å². The molecule has 1 saturated carbocycles. The lowest BCUT2D eigenvalue weighted by Crippen LogP contribution is -2.55. The Hall–Kier alpha value is -1.02. The minimum atomic E-state index is -0.450. The molecule has 7 heteroatoms. The zero-order valence-electron chi connectivity index (χ0n) is 14.8. The molecule has 3 saturated heterocycles. The highest BCUT2D eigenvalue weighted by Gasteiger charge is 2.42. The summed E-state index contributed by atoms with van der Waals surface area (Å²) in [5.41, 5.74) is 0. The third kappa shape index (κ3) is 3.60. The van der Waals surface area contributed by atoms with Crippen molar-refractivity contribution < 1.29 is 23.8 Å². The van der Waals surface area contributed by atoms with Gasteiger partial charge < -0.3 is 19.1 Å². The van der Waals surface area contributed by atoms with Crippen molar-refractivity contribution in [2.45, 2.75) is 43.9 Å². The van der Waals surface area contributed by atoms with Gasteiger partial charge in [0.05, 0.1) is 33.0 Å². The fourth-order valence-corrected chi connectivity index (χ4v) is 4.63. The third-order valence-corrected chi connectivity index (χ3v) is 6.13. The Balaban J connectivity index is 1.33. The lowest BCUT2D eigenvalue weighted by molar-refractivity contribution is -0.188. The zero-order valence-corrected chi connectivity index (χ0v) is 14.8. The van der Waals surface area contributed by atoms with Crippen LogP contribution in [0.2, 0.25) is 0 Å². The van der Waals surface area contributed by atoms with Gasteiger partial charge in [0.25, 0.3) is 0 Å². The van der Waals surface area contributed by atoms with Gasteiger partial charge in [-0.25, -0.2) is 0 Å². The first-order chi connectivity index (χ1) is 12.2. The highest BCUT2D eigenvalue weighted by atomic mass is 16.7. The van der Waals surface area contributed by atoms with Crippen molar-refractivity contribution >= 4 is 11.7 Å². The molecule has 140 valence electrons. The van der Waals surface area contributed by atoms with E-state index in [9.17, 15) is 9.59 Å². The van der Waals surface area contributed by atoms with E-state index in [2.05, 4.69) is 4.90 Å². The second-order valence-electron chi connectivity index (χ2n) is 7.57. The van der Waals surface area contributed by atoms with Crippen LogP contribution in [-0.4, -0.2) is 85.9 Å². The molecule has 3 aliphatic heterocycles. The SMILES string of the molecule is O=C1CCCC1C1COCCN1CC(=O)N1CCC2(CC1)OCCO2. The van der Waals surface area contributed by atoms with Gasteiger partial charge >= 0.3 is 0 Å². The Kier molecular flexibility index (Phi) is 5.08. The predicted octanol–water partition coefficient (Wildman–Crippen LogP) is 0.422. The molecule has 7 nitrogen and oxygen atoms in total. The van der Waals surface area contributed by atoms with Gasteiger partial charge in [0.2, 0.25) is 5.91 Å². The number of ketones is 1. The standard InChI is InChI=1S/C18H28N2O5/c21-16-3-1-2-14(16)15-13-23-9-8-20(15)12-17(22)19-6-4-18(5-7-19)24-10-11-25-18/h14-15H,1-13H2. The summed E-state index contributed by atoms with van der Waals surface area (Å²) in [4.78, 5) is 29.0. The van der Waals surface area contributed by atoms with Crippen molar-refractivity contribution in [2.75, 3.05) is 52.6 Å². The molecule has 0 N–H and O–H groups in total. The molecular weight excluding hydrogens is 324 g/mol. The highest BCUT2D eigenvalue weighted by Crippen LogP contribution is 2.32. The number of hydrogen-bond acceptors (Lipinski definition) is 6. The number of rotatable bonds is 3. The second-order valence-corrected chi connectivity index (χ2v) is 7.57. The van der Waals surface area contributed by atoms with Crippen LogP contribution in [0.4, 0.5) is 0 Å². The normalized spacial score (nSPS) is 33.3. The Morgan fingerprint density at radius 1 is 1.12 bits per heavy atom. The van der Waals surface area contributed by atoms with E-state index < -0.39 is 5.79 Å². The molecule has 25 heavy (non-hydrogen) atoms. The molecule has 1 aliphatic carbocycles. The van der Waals surface area contributed by atoms with E-state index in [0.717, 1.165) is 32.2 Å². The molecule has 3 heterocycles. The van der Waals surface area contributed by atoms with Crippen LogP contribution in [0.3, 0.4) is 0 Å². The molecule has 4 rings (SSSR count). The molecular formula is C18H28N2O5. The topological polar surface area (TPSA) is 68.3 Å². The molecule has 4 fully saturated rings. The molecule has 0 bridgehead atoms. The largest absolute Gasteiger partial charge is 0.378 e. The van der Waals surface area contributed by atoms with Crippen LogP contribution >= 0.6 is 0 Å².